The van der Waals surface area contributed by atoms with Crippen LogP contribution in [-0.2, 0) is 14.3 Å². The van der Waals surface area contributed by atoms with E-state index in [4.69, 9.17) is 21.1 Å². The fourth-order valence-electron chi connectivity index (χ4n) is 1.92. The molecule has 98 valence electrons. The highest BCUT2D eigenvalue weighted by atomic mass is 35.5. The Labute approximate surface area is 112 Å². The molecule has 1 fully saturated rings. The van der Waals surface area contributed by atoms with Crippen molar-refractivity contribution in [3.05, 3.63) is 34.9 Å². The summed E-state index contributed by atoms with van der Waals surface area (Å²) in [6, 6.07) is 7.60. The van der Waals surface area contributed by atoms with Crippen molar-refractivity contribution in [1.82, 2.24) is 0 Å². The van der Waals surface area contributed by atoms with Crippen molar-refractivity contribution in [3.8, 4) is 0 Å². The topological polar surface area (TPSA) is 35.5 Å². The second kappa shape index (κ2) is 6.21. The Morgan fingerprint density at radius 1 is 1.39 bits per heavy atom. The first-order valence-electron chi connectivity index (χ1n) is 6.23. The summed E-state index contributed by atoms with van der Waals surface area (Å²) in [5.41, 5.74) is 1.08. The molecule has 0 aliphatic heterocycles. The van der Waals surface area contributed by atoms with Gasteiger partial charge in [-0.05, 0) is 43.4 Å². The van der Waals surface area contributed by atoms with Gasteiger partial charge in [-0.25, -0.2) is 4.79 Å². The lowest BCUT2D eigenvalue weighted by molar-refractivity contribution is -0.151. The van der Waals surface area contributed by atoms with Gasteiger partial charge in [-0.3, -0.25) is 0 Å². The third-order valence-corrected chi connectivity index (χ3v) is 3.19. The van der Waals surface area contributed by atoms with Gasteiger partial charge in [0.2, 0.25) is 0 Å². The third kappa shape index (κ3) is 3.72. The zero-order chi connectivity index (χ0) is 13.0. The van der Waals surface area contributed by atoms with Crippen LogP contribution in [0.3, 0.4) is 0 Å². The van der Waals surface area contributed by atoms with E-state index in [1.807, 2.05) is 24.3 Å². The molecule has 0 spiro atoms. The summed E-state index contributed by atoms with van der Waals surface area (Å²) in [5.74, 6) is 0.206. The number of halogens is 1. The highest BCUT2D eigenvalue weighted by Crippen LogP contribution is 2.43. The molecule has 1 unspecified atom stereocenters. The standard InChI is InChI=1S/C14H17ClO3/c1-2-17-13(16)9-18-14(10-3-4-10)11-5-7-12(15)8-6-11/h5-8,10,14H,2-4,9H2,1H3. The van der Waals surface area contributed by atoms with Crippen LogP contribution in [0.1, 0.15) is 31.4 Å². The van der Waals surface area contributed by atoms with Gasteiger partial charge in [-0.2, -0.15) is 0 Å². The van der Waals surface area contributed by atoms with E-state index in [0.29, 0.717) is 17.5 Å². The summed E-state index contributed by atoms with van der Waals surface area (Å²) in [6.07, 6.45) is 2.28. The number of hydrogen-bond donors (Lipinski definition) is 0. The van der Waals surface area contributed by atoms with Gasteiger partial charge >= 0.3 is 5.97 Å². The maximum Gasteiger partial charge on any atom is 0.332 e. The molecule has 1 saturated carbocycles. The van der Waals surface area contributed by atoms with Crippen molar-refractivity contribution < 1.29 is 14.3 Å². The third-order valence-electron chi connectivity index (χ3n) is 2.93. The second-order valence-corrected chi connectivity index (χ2v) is 4.86. The van der Waals surface area contributed by atoms with Crippen LogP contribution in [0.4, 0.5) is 0 Å². The molecule has 1 aromatic rings. The number of carbonyl (C=O) groups excluding carboxylic acids is 1. The van der Waals surface area contributed by atoms with Crippen molar-refractivity contribution >= 4 is 17.6 Å². The minimum absolute atomic E-state index is 0.0115. The first-order valence-corrected chi connectivity index (χ1v) is 6.61. The molecule has 0 amide bonds. The van der Waals surface area contributed by atoms with Crippen molar-refractivity contribution in [3.63, 3.8) is 0 Å². The lowest BCUT2D eigenvalue weighted by atomic mass is 10.1. The lowest BCUT2D eigenvalue weighted by Crippen LogP contribution is -2.16. The molecule has 0 aromatic heterocycles. The molecule has 0 bridgehead atoms. The number of carbonyl (C=O) groups is 1. The molecular formula is C14H17ClO3. The molecular weight excluding hydrogens is 252 g/mol. The van der Waals surface area contributed by atoms with E-state index >= 15 is 0 Å². The molecule has 1 aliphatic rings. The smallest absolute Gasteiger partial charge is 0.332 e. The van der Waals surface area contributed by atoms with Crippen LogP contribution >= 0.6 is 11.6 Å². The number of benzene rings is 1. The summed E-state index contributed by atoms with van der Waals surface area (Å²) in [5, 5.41) is 0.707. The minimum atomic E-state index is -0.308. The molecule has 1 aliphatic carbocycles. The molecule has 4 heteroatoms. The molecule has 0 heterocycles. The molecule has 0 N–H and O–H groups in total. The average molecular weight is 269 g/mol. The van der Waals surface area contributed by atoms with Crippen LogP contribution in [-0.4, -0.2) is 19.2 Å². The number of hydrogen-bond acceptors (Lipinski definition) is 3. The highest BCUT2D eigenvalue weighted by Gasteiger charge is 2.33. The molecule has 2 rings (SSSR count). The van der Waals surface area contributed by atoms with Crippen LogP contribution < -0.4 is 0 Å². The summed E-state index contributed by atoms with van der Waals surface area (Å²) in [6.45, 7) is 2.18. The molecule has 1 atom stereocenters. The summed E-state index contributed by atoms with van der Waals surface area (Å²) in [7, 11) is 0. The van der Waals surface area contributed by atoms with E-state index in [0.717, 1.165) is 18.4 Å². The quantitative estimate of drug-likeness (QED) is 0.742. The van der Waals surface area contributed by atoms with Crippen LogP contribution in [0.15, 0.2) is 24.3 Å². The van der Waals surface area contributed by atoms with Crippen LogP contribution in [0.5, 0.6) is 0 Å². The Morgan fingerprint density at radius 2 is 2.06 bits per heavy atom. The maximum atomic E-state index is 11.3. The summed E-state index contributed by atoms with van der Waals surface area (Å²) < 4.78 is 10.6. The van der Waals surface area contributed by atoms with Gasteiger partial charge in [0, 0.05) is 5.02 Å². The van der Waals surface area contributed by atoms with Crippen molar-refractivity contribution in [2.24, 2.45) is 5.92 Å². The molecule has 3 nitrogen and oxygen atoms in total. The van der Waals surface area contributed by atoms with E-state index in [-0.39, 0.29) is 18.7 Å². The van der Waals surface area contributed by atoms with Gasteiger partial charge in [0.25, 0.3) is 0 Å². The summed E-state index contributed by atoms with van der Waals surface area (Å²) >= 11 is 5.87. The van der Waals surface area contributed by atoms with E-state index in [1.54, 1.807) is 6.92 Å². The van der Waals surface area contributed by atoms with Gasteiger partial charge in [0.05, 0.1) is 12.7 Å². The average Bonchev–Trinajstić information content (AvgIpc) is 3.16. The summed E-state index contributed by atoms with van der Waals surface area (Å²) in [4.78, 5) is 11.3. The maximum absolute atomic E-state index is 11.3. The zero-order valence-electron chi connectivity index (χ0n) is 10.4. The molecule has 1 aromatic carbocycles. The van der Waals surface area contributed by atoms with Crippen molar-refractivity contribution in [2.75, 3.05) is 13.2 Å². The Hall–Kier alpha value is -1.06. The van der Waals surface area contributed by atoms with Crippen molar-refractivity contribution in [2.45, 2.75) is 25.9 Å². The van der Waals surface area contributed by atoms with E-state index < -0.39 is 0 Å². The fourth-order valence-corrected chi connectivity index (χ4v) is 2.04. The largest absolute Gasteiger partial charge is 0.464 e. The molecule has 0 radical (unpaired) electrons. The van der Waals surface area contributed by atoms with E-state index in [9.17, 15) is 4.79 Å². The molecule has 0 saturated heterocycles. The van der Waals surface area contributed by atoms with E-state index in [2.05, 4.69) is 0 Å². The van der Waals surface area contributed by atoms with Crippen LogP contribution in [0.25, 0.3) is 0 Å². The first-order chi connectivity index (χ1) is 8.70. The van der Waals surface area contributed by atoms with Crippen LogP contribution in [0.2, 0.25) is 5.02 Å². The number of rotatable bonds is 6. The normalized spacial score (nSPS) is 16.3. The predicted octanol–water partition coefficient (Wildman–Crippen LogP) is 3.37. The van der Waals surface area contributed by atoms with Crippen molar-refractivity contribution in [1.29, 1.82) is 0 Å². The Bertz CT molecular complexity index is 398. The van der Waals surface area contributed by atoms with Gasteiger partial charge in [0.1, 0.15) is 6.61 Å². The van der Waals surface area contributed by atoms with Gasteiger partial charge in [-0.15, -0.1) is 0 Å². The van der Waals surface area contributed by atoms with Gasteiger partial charge < -0.3 is 9.47 Å². The number of ether oxygens (including phenoxy) is 2. The second-order valence-electron chi connectivity index (χ2n) is 4.43. The lowest BCUT2D eigenvalue weighted by Gasteiger charge is -2.17. The number of esters is 1. The predicted molar refractivity (Wildman–Crippen MR) is 69.5 cm³/mol. The zero-order valence-corrected chi connectivity index (χ0v) is 11.2. The van der Waals surface area contributed by atoms with Crippen LogP contribution in [0, 0.1) is 5.92 Å². The monoisotopic (exact) mass is 268 g/mol. The van der Waals surface area contributed by atoms with Gasteiger partial charge in [0.15, 0.2) is 0 Å². The Kier molecular flexibility index (Phi) is 4.61. The van der Waals surface area contributed by atoms with Gasteiger partial charge in [-0.1, -0.05) is 23.7 Å². The Balaban J connectivity index is 1.96. The first kappa shape index (κ1) is 13.4. The SMILES string of the molecule is CCOC(=O)COC(c1ccc(Cl)cc1)C1CC1. The fraction of sp³-hybridized carbons (Fsp3) is 0.500. The minimum Gasteiger partial charge on any atom is -0.464 e. The Morgan fingerprint density at radius 3 is 2.61 bits per heavy atom. The van der Waals surface area contributed by atoms with E-state index in [1.165, 1.54) is 0 Å². The highest BCUT2D eigenvalue weighted by molar-refractivity contribution is 6.30. The molecule has 18 heavy (non-hydrogen) atoms.